The molecule has 0 atom stereocenters. The molecule has 1 aliphatic rings. The Labute approximate surface area is 216 Å². The van der Waals surface area contributed by atoms with Crippen molar-refractivity contribution in [1.82, 2.24) is 25.2 Å². The van der Waals surface area contributed by atoms with Gasteiger partial charge in [-0.2, -0.15) is 0 Å². The van der Waals surface area contributed by atoms with Crippen molar-refractivity contribution >= 4 is 39.0 Å². The number of nitrogens with zero attached hydrogens (tertiary/aromatic N) is 4. The summed E-state index contributed by atoms with van der Waals surface area (Å²) in [6, 6.07) is 3.80. The summed E-state index contributed by atoms with van der Waals surface area (Å²) in [4.78, 5) is 29.9. The first kappa shape index (κ1) is 26.2. The zero-order valence-electron chi connectivity index (χ0n) is 21.8. The van der Waals surface area contributed by atoms with E-state index in [0.717, 1.165) is 60.1 Å². The largest absolute Gasteiger partial charge is 0.470 e. The van der Waals surface area contributed by atoms with E-state index in [1.807, 2.05) is 33.2 Å². The first-order chi connectivity index (χ1) is 17.3. The average Bonchev–Trinajstić information content (AvgIpc) is 3.20. The Morgan fingerprint density at radius 3 is 2.75 bits per heavy atom. The van der Waals surface area contributed by atoms with Gasteiger partial charge in [0.2, 0.25) is 5.88 Å². The summed E-state index contributed by atoms with van der Waals surface area (Å²) < 4.78 is 12.0. The van der Waals surface area contributed by atoms with Crippen LogP contribution in [0.5, 0.6) is 5.88 Å². The first-order valence-electron chi connectivity index (χ1n) is 12.4. The summed E-state index contributed by atoms with van der Waals surface area (Å²) in [5.74, 6) is 1.09. The van der Waals surface area contributed by atoms with Crippen LogP contribution in [0.25, 0.3) is 10.2 Å². The van der Waals surface area contributed by atoms with Crippen molar-refractivity contribution < 1.29 is 14.3 Å². The number of hydrogen-bond donors (Lipinski definition) is 2. The molecule has 0 bridgehead atoms. The molecule has 36 heavy (non-hydrogen) atoms. The first-order valence-corrected chi connectivity index (χ1v) is 13.2. The summed E-state index contributed by atoms with van der Waals surface area (Å²) in [6.45, 7) is 5.62. The fourth-order valence-corrected chi connectivity index (χ4v) is 5.59. The van der Waals surface area contributed by atoms with E-state index in [1.54, 1.807) is 13.3 Å². The van der Waals surface area contributed by atoms with Crippen molar-refractivity contribution in [3.05, 3.63) is 35.1 Å². The highest BCUT2D eigenvalue weighted by molar-refractivity contribution is 7.20. The third kappa shape index (κ3) is 6.11. The SMILES string of the molecule is CO[C@H]1CC[C@](C)(Oc2ncccc2Nc2ncnc3sc(C(=O)NCCCN(C)C)c(C)c23)CC1. The number of hydrogen-bond acceptors (Lipinski definition) is 9. The number of thiophene rings is 1. The highest BCUT2D eigenvalue weighted by atomic mass is 32.1. The highest BCUT2D eigenvalue weighted by Gasteiger charge is 2.34. The summed E-state index contributed by atoms with van der Waals surface area (Å²) in [6.07, 6.45) is 8.15. The maximum Gasteiger partial charge on any atom is 0.261 e. The average molecular weight is 513 g/mol. The molecular weight excluding hydrogens is 476 g/mol. The molecule has 0 saturated heterocycles. The summed E-state index contributed by atoms with van der Waals surface area (Å²) >= 11 is 1.38. The molecular formula is C26H36N6O3S. The topological polar surface area (TPSA) is 101 Å². The lowest BCUT2D eigenvalue weighted by atomic mass is 9.84. The maximum absolute atomic E-state index is 12.9. The quantitative estimate of drug-likeness (QED) is 0.382. The normalized spacial score (nSPS) is 20.0. The number of carbonyl (C=O) groups excluding carboxylic acids is 1. The molecule has 1 saturated carbocycles. The van der Waals surface area contributed by atoms with Crippen LogP contribution in [0.3, 0.4) is 0 Å². The van der Waals surface area contributed by atoms with Crippen LogP contribution in [-0.2, 0) is 4.74 Å². The van der Waals surface area contributed by atoms with Crippen LogP contribution in [0.1, 0.15) is 54.3 Å². The number of nitrogens with one attached hydrogen (secondary N) is 2. The predicted molar refractivity (Wildman–Crippen MR) is 143 cm³/mol. The molecule has 0 spiro atoms. The highest BCUT2D eigenvalue weighted by Crippen LogP contribution is 2.38. The molecule has 194 valence electrons. The van der Waals surface area contributed by atoms with E-state index in [2.05, 4.69) is 37.4 Å². The van der Waals surface area contributed by atoms with E-state index in [0.29, 0.717) is 29.2 Å². The number of carbonyl (C=O) groups is 1. The van der Waals surface area contributed by atoms with Gasteiger partial charge in [0.05, 0.1) is 16.4 Å². The molecule has 3 aromatic heterocycles. The second kappa shape index (κ2) is 11.5. The van der Waals surface area contributed by atoms with Crippen LogP contribution in [-0.4, -0.2) is 71.8 Å². The molecule has 1 amide bonds. The minimum absolute atomic E-state index is 0.0785. The number of aryl methyl sites for hydroxylation is 1. The van der Waals surface area contributed by atoms with Gasteiger partial charge >= 0.3 is 0 Å². The van der Waals surface area contributed by atoms with Gasteiger partial charge in [-0.05, 0) is 84.3 Å². The lowest BCUT2D eigenvalue weighted by molar-refractivity contribution is -0.0172. The van der Waals surface area contributed by atoms with Crippen LogP contribution in [0, 0.1) is 6.92 Å². The van der Waals surface area contributed by atoms with Gasteiger partial charge in [-0.1, -0.05) is 0 Å². The van der Waals surface area contributed by atoms with Gasteiger partial charge in [0.1, 0.15) is 28.3 Å². The molecule has 0 unspecified atom stereocenters. The molecule has 3 aromatic rings. The van der Waals surface area contributed by atoms with Gasteiger partial charge in [0, 0.05) is 19.9 Å². The van der Waals surface area contributed by atoms with Gasteiger partial charge in [-0.15, -0.1) is 11.3 Å². The van der Waals surface area contributed by atoms with Gasteiger partial charge in [-0.3, -0.25) is 4.79 Å². The molecule has 9 nitrogen and oxygen atoms in total. The Morgan fingerprint density at radius 2 is 2.03 bits per heavy atom. The number of rotatable bonds is 10. The molecule has 0 aliphatic heterocycles. The van der Waals surface area contributed by atoms with Gasteiger partial charge in [0.25, 0.3) is 5.91 Å². The van der Waals surface area contributed by atoms with Gasteiger partial charge in [-0.25, -0.2) is 15.0 Å². The van der Waals surface area contributed by atoms with Crippen molar-refractivity contribution in [1.29, 1.82) is 0 Å². The van der Waals surface area contributed by atoms with Crippen LogP contribution in [0.15, 0.2) is 24.7 Å². The number of ether oxygens (including phenoxy) is 2. The number of amides is 1. The minimum Gasteiger partial charge on any atom is -0.470 e. The standard InChI is InChI=1S/C26H36N6O3S/c1-17-20-22(29-16-30-25(20)36-21(17)23(33)27-14-7-15-32(3)4)31-19-8-6-13-28-24(19)35-26(2)11-9-18(34-5)10-12-26/h6,8,13,16,18H,7,9-12,14-15H2,1-5H3,(H,27,33)(H,29,30,31)/t18-,26-. The lowest BCUT2D eigenvalue weighted by Gasteiger charge is -2.37. The van der Waals surface area contributed by atoms with Crippen LogP contribution < -0.4 is 15.4 Å². The van der Waals surface area contributed by atoms with Crippen LogP contribution >= 0.6 is 11.3 Å². The second-order valence-electron chi connectivity index (χ2n) is 9.84. The monoisotopic (exact) mass is 512 g/mol. The summed E-state index contributed by atoms with van der Waals surface area (Å²) in [5, 5.41) is 7.27. The fraction of sp³-hybridized carbons (Fsp3) is 0.538. The van der Waals surface area contributed by atoms with Crippen molar-refractivity contribution in [3.8, 4) is 5.88 Å². The number of pyridine rings is 1. The Hall–Kier alpha value is -2.82. The Bertz CT molecular complexity index is 1190. The van der Waals surface area contributed by atoms with Gasteiger partial charge < -0.3 is 25.0 Å². The van der Waals surface area contributed by atoms with Crippen molar-refractivity contribution in [2.75, 3.05) is 39.6 Å². The van der Waals surface area contributed by atoms with E-state index in [4.69, 9.17) is 9.47 Å². The summed E-state index contributed by atoms with van der Waals surface area (Å²) in [7, 11) is 5.82. The smallest absolute Gasteiger partial charge is 0.261 e. The molecule has 2 N–H and O–H groups in total. The predicted octanol–water partition coefficient (Wildman–Crippen LogP) is 4.55. The Kier molecular flexibility index (Phi) is 8.38. The van der Waals surface area contributed by atoms with E-state index < -0.39 is 0 Å². The van der Waals surface area contributed by atoms with E-state index in [-0.39, 0.29) is 11.5 Å². The minimum atomic E-state index is -0.309. The molecule has 1 fully saturated rings. The third-order valence-corrected chi connectivity index (χ3v) is 7.89. The molecule has 3 heterocycles. The zero-order chi connectivity index (χ0) is 25.7. The molecule has 4 rings (SSSR count). The second-order valence-corrected chi connectivity index (χ2v) is 10.8. The molecule has 1 aliphatic carbocycles. The van der Waals surface area contributed by atoms with E-state index in [1.165, 1.54) is 17.7 Å². The van der Waals surface area contributed by atoms with E-state index >= 15 is 0 Å². The van der Waals surface area contributed by atoms with Crippen molar-refractivity contribution in [3.63, 3.8) is 0 Å². The van der Waals surface area contributed by atoms with Crippen molar-refractivity contribution in [2.45, 2.75) is 57.7 Å². The maximum atomic E-state index is 12.9. The zero-order valence-corrected chi connectivity index (χ0v) is 22.6. The van der Waals surface area contributed by atoms with Crippen LogP contribution in [0.2, 0.25) is 0 Å². The summed E-state index contributed by atoms with van der Waals surface area (Å²) in [5.41, 5.74) is 1.28. The van der Waals surface area contributed by atoms with Gasteiger partial charge in [0.15, 0.2) is 0 Å². The number of methoxy groups -OCH3 is 1. The fourth-order valence-electron chi connectivity index (χ4n) is 4.53. The lowest BCUT2D eigenvalue weighted by Crippen LogP contribution is -2.39. The molecule has 10 heteroatoms. The van der Waals surface area contributed by atoms with Crippen LogP contribution in [0.4, 0.5) is 11.5 Å². The molecule has 0 radical (unpaired) electrons. The number of fused-ring (bicyclic) bond motifs is 1. The Balaban J connectivity index is 1.53. The molecule has 0 aromatic carbocycles. The number of anilines is 2. The van der Waals surface area contributed by atoms with E-state index in [9.17, 15) is 4.79 Å². The third-order valence-electron chi connectivity index (χ3n) is 6.69. The number of aromatic nitrogens is 3. The Morgan fingerprint density at radius 1 is 1.25 bits per heavy atom. The van der Waals surface area contributed by atoms with Crippen molar-refractivity contribution in [2.24, 2.45) is 0 Å².